The Balaban J connectivity index is 2.87. The van der Waals surface area contributed by atoms with Gasteiger partial charge in [-0.15, -0.1) is 0 Å². The van der Waals surface area contributed by atoms with Gasteiger partial charge in [0.1, 0.15) is 10.9 Å². The van der Waals surface area contributed by atoms with Crippen LogP contribution in [0.25, 0.3) is 0 Å². The molecule has 1 rings (SSSR count). The van der Waals surface area contributed by atoms with E-state index in [1.54, 1.807) is 0 Å². The van der Waals surface area contributed by atoms with E-state index in [0.717, 1.165) is 18.3 Å². The van der Waals surface area contributed by atoms with Crippen molar-refractivity contribution in [2.75, 3.05) is 6.61 Å². The van der Waals surface area contributed by atoms with E-state index in [9.17, 15) is 26.4 Å². The lowest BCUT2D eigenvalue weighted by Crippen LogP contribution is -2.44. The standard InChI is InChI=1S/C12H15F3N2O5S/c1-7(2)10(11(18)19)17-23(20,21)8-3-4-9(16-5-8)22-6-12(13,14)15/h3-5,7,10,17H,6H2,1-2H3,(H,18,19). The summed E-state index contributed by atoms with van der Waals surface area (Å²) in [6, 6.07) is 0.576. The van der Waals surface area contributed by atoms with Crippen LogP contribution >= 0.6 is 0 Å². The van der Waals surface area contributed by atoms with Crippen LogP contribution < -0.4 is 9.46 Å². The fourth-order valence-electron chi connectivity index (χ4n) is 1.47. The summed E-state index contributed by atoms with van der Waals surface area (Å²) >= 11 is 0. The Morgan fingerprint density at radius 1 is 1.39 bits per heavy atom. The lowest BCUT2D eigenvalue weighted by atomic mass is 10.1. The fraction of sp³-hybridized carbons (Fsp3) is 0.500. The van der Waals surface area contributed by atoms with Crippen molar-refractivity contribution in [3.8, 4) is 5.88 Å². The molecule has 1 aromatic heterocycles. The van der Waals surface area contributed by atoms with Crippen LogP contribution in [0.15, 0.2) is 23.2 Å². The predicted molar refractivity (Wildman–Crippen MR) is 72.4 cm³/mol. The summed E-state index contributed by atoms with van der Waals surface area (Å²) in [6.07, 6.45) is -3.76. The number of carboxylic acids is 1. The Morgan fingerprint density at radius 3 is 2.39 bits per heavy atom. The average molecular weight is 356 g/mol. The molecule has 0 saturated carbocycles. The Morgan fingerprint density at radius 2 is 2.00 bits per heavy atom. The van der Waals surface area contributed by atoms with Gasteiger partial charge in [0.15, 0.2) is 6.61 Å². The highest BCUT2D eigenvalue weighted by Crippen LogP contribution is 2.18. The molecule has 130 valence electrons. The molecule has 0 saturated heterocycles. The van der Waals surface area contributed by atoms with E-state index in [1.165, 1.54) is 13.8 Å². The largest absolute Gasteiger partial charge is 0.480 e. The molecule has 0 aromatic carbocycles. The highest BCUT2D eigenvalue weighted by Gasteiger charge is 2.30. The number of nitrogens with one attached hydrogen (secondary N) is 1. The van der Waals surface area contributed by atoms with Gasteiger partial charge in [0.2, 0.25) is 15.9 Å². The Kier molecular flexibility index (Phi) is 5.94. The minimum absolute atomic E-state index is 0.385. The summed E-state index contributed by atoms with van der Waals surface area (Å²) in [6.45, 7) is 1.49. The number of hydrogen-bond acceptors (Lipinski definition) is 5. The van der Waals surface area contributed by atoms with E-state index in [-0.39, 0.29) is 4.90 Å². The number of hydrogen-bond donors (Lipinski definition) is 2. The number of halogens is 3. The van der Waals surface area contributed by atoms with Crippen molar-refractivity contribution >= 4 is 16.0 Å². The van der Waals surface area contributed by atoms with E-state index < -0.39 is 46.6 Å². The topological polar surface area (TPSA) is 106 Å². The van der Waals surface area contributed by atoms with Crippen LogP contribution in [0.1, 0.15) is 13.8 Å². The van der Waals surface area contributed by atoms with Crippen LogP contribution in [0.3, 0.4) is 0 Å². The number of alkyl halides is 3. The Labute approximate surface area is 130 Å². The quantitative estimate of drug-likeness (QED) is 0.765. The van der Waals surface area contributed by atoms with Crippen LogP contribution in [0, 0.1) is 5.92 Å². The first-order valence-electron chi connectivity index (χ1n) is 6.33. The second-order valence-corrected chi connectivity index (χ2v) is 6.63. The molecule has 0 spiro atoms. The molecular weight excluding hydrogens is 341 g/mol. The minimum atomic E-state index is -4.54. The number of aliphatic carboxylic acids is 1. The van der Waals surface area contributed by atoms with Crippen molar-refractivity contribution in [3.63, 3.8) is 0 Å². The van der Waals surface area contributed by atoms with Gasteiger partial charge in [0.25, 0.3) is 0 Å². The Bertz CT molecular complexity index is 644. The third-order valence-corrected chi connectivity index (χ3v) is 4.04. The number of ether oxygens (including phenoxy) is 1. The molecule has 23 heavy (non-hydrogen) atoms. The molecular formula is C12H15F3N2O5S. The molecule has 1 heterocycles. The van der Waals surface area contributed by atoms with Gasteiger partial charge in [-0.2, -0.15) is 17.9 Å². The smallest absolute Gasteiger partial charge is 0.422 e. The molecule has 1 aromatic rings. The van der Waals surface area contributed by atoms with Crippen molar-refractivity contribution in [1.82, 2.24) is 9.71 Å². The molecule has 2 N–H and O–H groups in total. The van der Waals surface area contributed by atoms with Gasteiger partial charge < -0.3 is 9.84 Å². The second kappa shape index (κ2) is 7.13. The molecule has 0 aliphatic carbocycles. The van der Waals surface area contributed by atoms with E-state index in [1.807, 2.05) is 4.72 Å². The van der Waals surface area contributed by atoms with Crippen LogP contribution in [-0.2, 0) is 14.8 Å². The van der Waals surface area contributed by atoms with Crippen molar-refractivity contribution < 1.29 is 36.2 Å². The monoisotopic (exact) mass is 356 g/mol. The molecule has 0 aliphatic heterocycles. The van der Waals surface area contributed by atoms with E-state index in [0.29, 0.717) is 0 Å². The predicted octanol–water partition coefficient (Wildman–Crippen LogP) is 1.41. The summed E-state index contributed by atoms with van der Waals surface area (Å²) in [7, 11) is -4.18. The zero-order valence-corrected chi connectivity index (χ0v) is 13.0. The second-order valence-electron chi connectivity index (χ2n) is 4.92. The number of pyridine rings is 1. The Hall–Kier alpha value is -1.88. The molecule has 1 unspecified atom stereocenters. The number of aromatic nitrogens is 1. The molecule has 0 bridgehead atoms. The number of carbonyl (C=O) groups is 1. The highest BCUT2D eigenvalue weighted by molar-refractivity contribution is 7.89. The lowest BCUT2D eigenvalue weighted by molar-refractivity contribution is -0.154. The van der Waals surface area contributed by atoms with Crippen molar-refractivity contribution in [2.24, 2.45) is 5.92 Å². The first-order chi connectivity index (χ1) is 10.4. The maximum atomic E-state index is 12.0. The van der Waals surface area contributed by atoms with Crippen LogP contribution in [0.2, 0.25) is 0 Å². The van der Waals surface area contributed by atoms with E-state index >= 15 is 0 Å². The number of rotatable bonds is 7. The van der Waals surface area contributed by atoms with Gasteiger partial charge in [-0.3, -0.25) is 4.79 Å². The fourth-order valence-corrected chi connectivity index (χ4v) is 2.76. The zero-order chi connectivity index (χ0) is 17.8. The van der Waals surface area contributed by atoms with Gasteiger partial charge in [0, 0.05) is 6.07 Å². The molecule has 0 fully saturated rings. The molecule has 0 amide bonds. The van der Waals surface area contributed by atoms with Gasteiger partial charge in [-0.25, -0.2) is 13.4 Å². The summed E-state index contributed by atoms with van der Waals surface area (Å²) < 4.78 is 66.4. The van der Waals surface area contributed by atoms with Crippen molar-refractivity contribution in [1.29, 1.82) is 0 Å². The molecule has 7 nitrogen and oxygen atoms in total. The summed E-state index contributed by atoms with van der Waals surface area (Å²) in [5, 5.41) is 8.98. The summed E-state index contributed by atoms with van der Waals surface area (Å²) in [5.41, 5.74) is 0. The third-order valence-electron chi connectivity index (χ3n) is 2.62. The first-order valence-corrected chi connectivity index (χ1v) is 7.81. The van der Waals surface area contributed by atoms with Crippen molar-refractivity contribution in [3.05, 3.63) is 18.3 Å². The number of sulfonamides is 1. The van der Waals surface area contributed by atoms with E-state index in [4.69, 9.17) is 5.11 Å². The maximum absolute atomic E-state index is 12.0. The summed E-state index contributed by atoms with van der Waals surface area (Å²) in [5.74, 6) is -2.26. The maximum Gasteiger partial charge on any atom is 0.422 e. The van der Waals surface area contributed by atoms with Crippen LogP contribution in [0.4, 0.5) is 13.2 Å². The first kappa shape index (κ1) is 19.2. The third kappa shape index (κ3) is 6.02. The number of carboxylic acid groups (broad SMARTS) is 1. The van der Waals surface area contributed by atoms with E-state index in [2.05, 4.69) is 9.72 Å². The molecule has 11 heteroatoms. The van der Waals surface area contributed by atoms with Crippen molar-refractivity contribution in [2.45, 2.75) is 31.0 Å². The molecule has 0 radical (unpaired) electrons. The van der Waals surface area contributed by atoms with Gasteiger partial charge in [0.05, 0.1) is 6.20 Å². The molecule has 0 aliphatic rings. The SMILES string of the molecule is CC(C)C(NS(=O)(=O)c1ccc(OCC(F)(F)F)nc1)C(=O)O. The number of nitrogens with zero attached hydrogens (tertiary/aromatic N) is 1. The minimum Gasteiger partial charge on any atom is -0.480 e. The zero-order valence-electron chi connectivity index (χ0n) is 12.2. The average Bonchev–Trinajstić information content (AvgIpc) is 2.42. The van der Waals surface area contributed by atoms with Crippen LogP contribution in [-0.4, -0.2) is 43.3 Å². The van der Waals surface area contributed by atoms with Gasteiger partial charge >= 0.3 is 12.1 Å². The van der Waals surface area contributed by atoms with Gasteiger partial charge in [-0.05, 0) is 12.0 Å². The van der Waals surface area contributed by atoms with Crippen LogP contribution in [0.5, 0.6) is 5.88 Å². The molecule has 1 atom stereocenters. The lowest BCUT2D eigenvalue weighted by Gasteiger charge is -2.17. The highest BCUT2D eigenvalue weighted by atomic mass is 32.2. The van der Waals surface area contributed by atoms with Gasteiger partial charge in [-0.1, -0.05) is 13.8 Å². The normalized spacial score (nSPS) is 13.8. The summed E-state index contributed by atoms with van der Waals surface area (Å²) in [4.78, 5) is 14.1.